The first-order chi connectivity index (χ1) is 9.35. The minimum atomic E-state index is 0.362. The molecular weight excluding hydrogens is 242 g/mol. The Bertz CT molecular complexity index is 367. The molecule has 1 fully saturated rings. The molecule has 1 heterocycles. The third kappa shape index (κ3) is 4.01. The highest BCUT2D eigenvalue weighted by Crippen LogP contribution is 2.30. The second-order valence-electron chi connectivity index (χ2n) is 5.14. The lowest BCUT2D eigenvalue weighted by Crippen LogP contribution is -2.31. The maximum atomic E-state index is 5.47. The van der Waals surface area contributed by atoms with Gasteiger partial charge in [-0.1, -0.05) is 24.4 Å². The van der Waals surface area contributed by atoms with Gasteiger partial charge in [-0.15, -0.1) is 0 Å². The number of rotatable bonds is 6. The summed E-state index contributed by atoms with van der Waals surface area (Å²) in [6.07, 6.45) is 6.90. The summed E-state index contributed by atoms with van der Waals surface area (Å²) in [5.41, 5.74) is 0. The fourth-order valence-electron chi connectivity index (χ4n) is 2.78. The monoisotopic (exact) mass is 267 g/mol. The zero-order chi connectivity index (χ0) is 13.5. The van der Waals surface area contributed by atoms with Gasteiger partial charge in [-0.05, 0) is 26.8 Å². The van der Waals surface area contributed by atoms with Crippen molar-refractivity contribution in [1.29, 1.82) is 0 Å². The molecule has 0 spiro atoms. The Morgan fingerprint density at radius 2 is 2.16 bits per heavy atom. The fraction of sp³-hybridized carbons (Fsp3) is 0.857. The van der Waals surface area contributed by atoms with Gasteiger partial charge < -0.3 is 14.6 Å². The van der Waals surface area contributed by atoms with Crippen molar-refractivity contribution in [1.82, 2.24) is 15.5 Å². The predicted octanol–water partition coefficient (Wildman–Crippen LogP) is 2.28. The van der Waals surface area contributed by atoms with Crippen LogP contribution in [0.2, 0.25) is 0 Å². The van der Waals surface area contributed by atoms with Crippen LogP contribution in [-0.4, -0.2) is 36.4 Å². The van der Waals surface area contributed by atoms with E-state index in [1.54, 1.807) is 0 Å². The topological polar surface area (TPSA) is 60.2 Å². The first kappa shape index (κ1) is 14.5. The second kappa shape index (κ2) is 7.60. The molecule has 0 aliphatic heterocycles. The molecule has 0 amide bonds. The summed E-state index contributed by atoms with van der Waals surface area (Å²) in [5.74, 6) is 1.93. The average molecular weight is 267 g/mol. The van der Waals surface area contributed by atoms with Crippen molar-refractivity contribution in [2.24, 2.45) is 0 Å². The Hall–Kier alpha value is -0.940. The minimum Gasteiger partial charge on any atom is -0.381 e. The van der Waals surface area contributed by atoms with Crippen LogP contribution in [0, 0.1) is 0 Å². The average Bonchev–Trinajstić information content (AvgIpc) is 2.76. The minimum absolute atomic E-state index is 0.362. The van der Waals surface area contributed by atoms with Crippen LogP contribution in [0.1, 0.15) is 56.7 Å². The Morgan fingerprint density at radius 1 is 1.32 bits per heavy atom. The number of nitrogens with zero attached hydrogens (tertiary/aromatic N) is 2. The smallest absolute Gasteiger partial charge is 0.231 e. The molecule has 0 aromatic carbocycles. The third-order valence-corrected chi connectivity index (χ3v) is 3.86. The van der Waals surface area contributed by atoms with Gasteiger partial charge in [0.15, 0.2) is 5.82 Å². The number of likely N-dealkylation sites (N-methyl/N-ethyl adjacent to an activating group) is 1. The van der Waals surface area contributed by atoms with E-state index in [1.807, 2.05) is 14.0 Å². The molecule has 1 aliphatic carbocycles. The highest BCUT2D eigenvalue weighted by molar-refractivity contribution is 5.00. The number of hydrogen-bond acceptors (Lipinski definition) is 5. The molecule has 2 rings (SSSR count). The summed E-state index contributed by atoms with van der Waals surface area (Å²) in [5, 5.41) is 7.47. The molecular formula is C14H25N3O2. The summed E-state index contributed by atoms with van der Waals surface area (Å²) < 4.78 is 10.8. The zero-order valence-corrected chi connectivity index (χ0v) is 12.0. The van der Waals surface area contributed by atoms with Gasteiger partial charge in [0, 0.05) is 19.1 Å². The Morgan fingerprint density at radius 3 is 2.95 bits per heavy atom. The van der Waals surface area contributed by atoms with Crippen molar-refractivity contribution in [3.8, 4) is 0 Å². The Balaban J connectivity index is 1.98. The standard InChI is InChI=1S/C14H25N3O2/c1-3-18-10-9-13-16-14(19-17-13)11-7-5-4-6-8-12(11)15-2/h11-12,15H,3-10H2,1-2H3. The van der Waals surface area contributed by atoms with Gasteiger partial charge in [0.25, 0.3) is 0 Å². The first-order valence-corrected chi connectivity index (χ1v) is 7.42. The van der Waals surface area contributed by atoms with Crippen molar-refractivity contribution in [3.63, 3.8) is 0 Å². The SMILES string of the molecule is CCOCCc1noc(C2CCCCCC2NC)n1. The highest BCUT2D eigenvalue weighted by Gasteiger charge is 2.28. The van der Waals surface area contributed by atoms with Crippen LogP contribution in [0.15, 0.2) is 4.52 Å². The Kier molecular flexibility index (Phi) is 5.79. The zero-order valence-electron chi connectivity index (χ0n) is 12.0. The molecule has 1 saturated carbocycles. The summed E-state index contributed by atoms with van der Waals surface area (Å²) >= 11 is 0. The summed E-state index contributed by atoms with van der Waals surface area (Å²) in [6, 6.07) is 0.461. The van der Waals surface area contributed by atoms with Crippen LogP contribution in [-0.2, 0) is 11.2 Å². The molecule has 1 aromatic rings. The van der Waals surface area contributed by atoms with E-state index in [9.17, 15) is 0 Å². The molecule has 1 aromatic heterocycles. The first-order valence-electron chi connectivity index (χ1n) is 7.42. The summed E-state index contributed by atoms with van der Waals surface area (Å²) in [7, 11) is 2.02. The number of ether oxygens (including phenoxy) is 1. The van der Waals surface area contributed by atoms with Gasteiger partial charge in [-0.25, -0.2) is 0 Å². The molecule has 5 heteroatoms. The molecule has 0 radical (unpaired) electrons. The number of aromatic nitrogens is 2. The van der Waals surface area contributed by atoms with Gasteiger partial charge in [-0.2, -0.15) is 4.98 Å². The molecule has 1 N–H and O–H groups in total. The molecule has 0 bridgehead atoms. The quantitative estimate of drug-likeness (QED) is 0.633. The number of nitrogens with one attached hydrogen (secondary N) is 1. The van der Waals surface area contributed by atoms with E-state index in [1.165, 1.54) is 25.7 Å². The lowest BCUT2D eigenvalue weighted by Gasteiger charge is -2.20. The van der Waals surface area contributed by atoms with Crippen LogP contribution in [0.4, 0.5) is 0 Å². The van der Waals surface area contributed by atoms with Crippen molar-refractivity contribution < 1.29 is 9.26 Å². The van der Waals surface area contributed by atoms with Gasteiger partial charge in [0.05, 0.1) is 12.5 Å². The molecule has 2 atom stereocenters. The molecule has 2 unspecified atom stereocenters. The van der Waals surface area contributed by atoms with Crippen molar-refractivity contribution >= 4 is 0 Å². The van der Waals surface area contributed by atoms with Gasteiger partial charge in [-0.3, -0.25) is 0 Å². The van der Waals surface area contributed by atoms with Crippen molar-refractivity contribution in [2.75, 3.05) is 20.3 Å². The maximum Gasteiger partial charge on any atom is 0.231 e. The van der Waals surface area contributed by atoms with Crippen molar-refractivity contribution in [2.45, 2.75) is 57.4 Å². The lowest BCUT2D eigenvalue weighted by molar-refractivity contribution is 0.149. The number of hydrogen-bond donors (Lipinski definition) is 1. The van der Waals surface area contributed by atoms with Gasteiger partial charge in [0.2, 0.25) is 5.89 Å². The van der Waals surface area contributed by atoms with E-state index < -0.39 is 0 Å². The van der Waals surface area contributed by atoms with Crippen LogP contribution in [0.25, 0.3) is 0 Å². The molecule has 108 valence electrons. The molecule has 5 nitrogen and oxygen atoms in total. The van der Waals surface area contributed by atoms with E-state index in [0.717, 1.165) is 31.2 Å². The normalized spacial score (nSPS) is 24.3. The van der Waals surface area contributed by atoms with Crippen LogP contribution < -0.4 is 5.32 Å². The third-order valence-electron chi connectivity index (χ3n) is 3.86. The van der Waals surface area contributed by atoms with Gasteiger partial charge >= 0.3 is 0 Å². The van der Waals surface area contributed by atoms with E-state index >= 15 is 0 Å². The fourth-order valence-corrected chi connectivity index (χ4v) is 2.78. The summed E-state index contributed by atoms with van der Waals surface area (Å²) in [6.45, 7) is 3.38. The Labute approximate surface area is 115 Å². The van der Waals surface area contributed by atoms with E-state index in [2.05, 4.69) is 15.5 Å². The summed E-state index contributed by atoms with van der Waals surface area (Å²) in [4.78, 5) is 4.55. The van der Waals surface area contributed by atoms with Crippen LogP contribution in [0.3, 0.4) is 0 Å². The maximum absolute atomic E-state index is 5.47. The molecule has 0 saturated heterocycles. The highest BCUT2D eigenvalue weighted by atomic mass is 16.5. The largest absolute Gasteiger partial charge is 0.381 e. The molecule has 1 aliphatic rings. The van der Waals surface area contributed by atoms with Crippen LogP contribution in [0.5, 0.6) is 0 Å². The van der Waals surface area contributed by atoms with Gasteiger partial charge in [0.1, 0.15) is 0 Å². The van der Waals surface area contributed by atoms with Crippen molar-refractivity contribution in [3.05, 3.63) is 11.7 Å². The van der Waals surface area contributed by atoms with E-state index in [4.69, 9.17) is 9.26 Å². The van der Waals surface area contributed by atoms with E-state index in [-0.39, 0.29) is 0 Å². The lowest BCUT2D eigenvalue weighted by atomic mass is 9.95. The van der Waals surface area contributed by atoms with Crippen LogP contribution >= 0.6 is 0 Å². The predicted molar refractivity (Wildman–Crippen MR) is 73.2 cm³/mol. The second-order valence-corrected chi connectivity index (χ2v) is 5.14. The molecule has 19 heavy (non-hydrogen) atoms. The van der Waals surface area contributed by atoms with E-state index in [0.29, 0.717) is 18.6 Å².